The van der Waals surface area contributed by atoms with Crippen molar-refractivity contribution in [3.8, 4) is 11.5 Å². The van der Waals surface area contributed by atoms with Crippen LogP contribution in [0.25, 0.3) is 0 Å². The van der Waals surface area contributed by atoms with E-state index < -0.39 is 0 Å². The smallest absolute Gasteiger partial charge is 0.191 e. The third-order valence-electron chi connectivity index (χ3n) is 3.42. The molecule has 0 saturated heterocycles. The van der Waals surface area contributed by atoms with Gasteiger partial charge in [0.25, 0.3) is 0 Å². The average molecular weight is 454 g/mol. The first-order chi connectivity index (χ1) is 10.6. The summed E-state index contributed by atoms with van der Waals surface area (Å²) in [7, 11) is 0. The van der Waals surface area contributed by atoms with E-state index >= 15 is 0 Å². The lowest BCUT2D eigenvalue weighted by atomic mass is 10.2. The maximum Gasteiger partial charge on any atom is 0.191 e. The Bertz CT molecular complexity index is 540. The van der Waals surface area contributed by atoms with Gasteiger partial charge >= 0.3 is 0 Å². The maximum absolute atomic E-state index is 6.25. The third kappa shape index (κ3) is 5.91. The summed E-state index contributed by atoms with van der Waals surface area (Å²) in [6.45, 7) is 8.76. The number of guanidine groups is 1. The predicted molar refractivity (Wildman–Crippen MR) is 106 cm³/mol. The molecule has 7 heteroatoms. The number of fused-ring (bicyclic) bond motifs is 1. The number of benzene rings is 1. The van der Waals surface area contributed by atoms with Crippen LogP contribution in [-0.4, -0.2) is 31.8 Å². The summed E-state index contributed by atoms with van der Waals surface area (Å²) >= 11 is 6.25. The van der Waals surface area contributed by atoms with Gasteiger partial charge in [-0.3, -0.25) is 0 Å². The van der Waals surface area contributed by atoms with E-state index in [1.165, 1.54) is 0 Å². The summed E-state index contributed by atoms with van der Waals surface area (Å²) in [5.74, 6) is 2.14. The minimum absolute atomic E-state index is 0. The standard InChI is InChI=1S/C16H24ClN3O2.HI/c1-4-11(3)20-16(18-5-2)19-10-12-8-13(17)15-14(9-12)21-6-7-22-15;/h8-9,11H,4-7,10H2,1-3H3,(H2,18,19,20);1H. The number of nitrogens with one attached hydrogen (secondary N) is 2. The van der Waals surface area contributed by atoms with Crippen molar-refractivity contribution in [3.63, 3.8) is 0 Å². The minimum atomic E-state index is 0. The van der Waals surface area contributed by atoms with Crippen LogP contribution in [0.5, 0.6) is 11.5 Å². The molecule has 2 N–H and O–H groups in total. The molecule has 2 rings (SSSR count). The van der Waals surface area contributed by atoms with E-state index in [9.17, 15) is 0 Å². The molecule has 0 bridgehead atoms. The number of ether oxygens (including phenoxy) is 2. The Kier molecular flexibility index (Phi) is 8.83. The quantitative estimate of drug-likeness (QED) is 0.406. The molecular formula is C16H25ClIN3O2. The molecule has 0 aliphatic carbocycles. The summed E-state index contributed by atoms with van der Waals surface area (Å²) in [4.78, 5) is 4.60. The molecule has 5 nitrogen and oxygen atoms in total. The molecule has 0 saturated carbocycles. The normalized spacial score (nSPS) is 14.7. The second kappa shape index (κ2) is 10.1. The number of hydrogen-bond donors (Lipinski definition) is 2. The zero-order valence-corrected chi connectivity index (χ0v) is 16.9. The van der Waals surface area contributed by atoms with Crippen molar-refractivity contribution in [2.24, 2.45) is 4.99 Å². The Morgan fingerprint density at radius 3 is 2.74 bits per heavy atom. The average Bonchev–Trinajstić information content (AvgIpc) is 2.52. The molecule has 0 fully saturated rings. The maximum atomic E-state index is 6.25. The van der Waals surface area contributed by atoms with E-state index in [0.717, 1.165) is 24.5 Å². The van der Waals surface area contributed by atoms with Crippen LogP contribution < -0.4 is 20.1 Å². The summed E-state index contributed by atoms with van der Waals surface area (Å²) in [6, 6.07) is 4.20. The van der Waals surface area contributed by atoms with Gasteiger partial charge in [0.1, 0.15) is 13.2 Å². The number of rotatable bonds is 5. The van der Waals surface area contributed by atoms with E-state index in [1.54, 1.807) is 0 Å². The predicted octanol–water partition coefficient (Wildman–Crippen LogP) is 3.58. The highest BCUT2D eigenvalue weighted by molar-refractivity contribution is 14.0. The largest absolute Gasteiger partial charge is 0.486 e. The zero-order chi connectivity index (χ0) is 15.9. The fourth-order valence-corrected chi connectivity index (χ4v) is 2.37. The van der Waals surface area contributed by atoms with Gasteiger partial charge in [-0.25, -0.2) is 4.99 Å². The number of hydrogen-bond acceptors (Lipinski definition) is 3. The lowest BCUT2D eigenvalue weighted by Crippen LogP contribution is -2.41. The van der Waals surface area contributed by atoms with E-state index in [2.05, 4.69) is 36.4 Å². The third-order valence-corrected chi connectivity index (χ3v) is 3.70. The molecule has 0 aromatic heterocycles. The molecule has 23 heavy (non-hydrogen) atoms. The van der Waals surface area contributed by atoms with E-state index in [4.69, 9.17) is 21.1 Å². The molecule has 130 valence electrons. The second-order valence-electron chi connectivity index (χ2n) is 5.25. The Balaban J connectivity index is 0.00000264. The van der Waals surface area contributed by atoms with Crippen molar-refractivity contribution in [3.05, 3.63) is 22.7 Å². The highest BCUT2D eigenvalue weighted by Crippen LogP contribution is 2.38. The van der Waals surface area contributed by atoms with Gasteiger partial charge in [-0.15, -0.1) is 24.0 Å². The first-order valence-corrected chi connectivity index (χ1v) is 8.14. The molecule has 1 aliphatic rings. The number of nitrogens with zero attached hydrogens (tertiary/aromatic N) is 1. The van der Waals surface area contributed by atoms with Crippen molar-refractivity contribution in [1.82, 2.24) is 10.6 Å². The number of halogens is 2. The molecule has 0 radical (unpaired) electrons. The van der Waals surface area contributed by atoms with Gasteiger partial charge in [-0.05, 0) is 38.0 Å². The Morgan fingerprint density at radius 2 is 2.04 bits per heavy atom. The van der Waals surface area contributed by atoms with Crippen LogP contribution in [0.4, 0.5) is 0 Å². The van der Waals surface area contributed by atoms with Gasteiger partial charge < -0.3 is 20.1 Å². The molecule has 1 aromatic carbocycles. The fraction of sp³-hybridized carbons (Fsp3) is 0.562. The van der Waals surface area contributed by atoms with E-state index in [-0.39, 0.29) is 24.0 Å². The molecular weight excluding hydrogens is 429 g/mol. The van der Waals surface area contributed by atoms with Gasteiger partial charge in [-0.2, -0.15) is 0 Å². The van der Waals surface area contributed by atoms with E-state index in [0.29, 0.717) is 42.3 Å². The van der Waals surface area contributed by atoms with Crippen LogP contribution >= 0.6 is 35.6 Å². The van der Waals surface area contributed by atoms with Crippen molar-refractivity contribution < 1.29 is 9.47 Å². The second-order valence-corrected chi connectivity index (χ2v) is 5.66. The van der Waals surface area contributed by atoms with Crippen molar-refractivity contribution in [2.75, 3.05) is 19.8 Å². The van der Waals surface area contributed by atoms with Crippen LogP contribution in [0.15, 0.2) is 17.1 Å². The minimum Gasteiger partial charge on any atom is -0.486 e. The zero-order valence-electron chi connectivity index (χ0n) is 13.8. The fourth-order valence-electron chi connectivity index (χ4n) is 2.08. The molecule has 1 aliphatic heterocycles. The topological polar surface area (TPSA) is 54.9 Å². The summed E-state index contributed by atoms with van der Waals surface area (Å²) in [5.41, 5.74) is 0.996. The summed E-state index contributed by atoms with van der Waals surface area (Å²) < 4.78 is 11.1. The molecule has 1 aromatic rings. The lowest BCUT2D eigenvalue weighted by Gasteiger charge is -2.20. The monoisotopic (exact) mass is 453 g/mol. The summed E-state index contributed by atoms with van der Waals surface area (Å²) in [5, 5.41) is 7.18. The first-order valence-electron chi connectivity index (χ1n) is 7.76. The van der Waals surface area contributed by atoms with E-state index in [1.807, 2.05) is 12.1 Å². The molecule has 1 unspecified atom stereocenters. The highest BCUT2D eigenvalue weighted by Gasteiger charge is 2.16. The molecule has 0 spiro atoms. The lowest BCUT2D eigenvalue weighted by molar-refractivity contribution is 0.171. The van der Waals surface area contributed by atoms with Crippen molar-refractivity contribution in [1.29, 1.82) is 0 Å². The van der Waals surface area contributed by atoms with Crippen LogP contribution in [-0.2, 0) is 6.54 Å². The van der Waals surface area contributed by atoms with Crippen LogP contribution in [0.1, 0.15) is 32.8 Å². The molecule has 1 atom stereocenters. The molecule has 0 amide bonds. The Morgan fingerprint density at radius 1 is 1.30 bits per heavy atom. The van der Waals surface area contributed by atoms with Crippen LogP contribution in [0.3, 0.4) is 0 Å². The van der Waals surface area contributed by atoms with Gasteiger partial charge in [0.05, 0.1) is 11.6 Å². The summed E-state index contributed by atoms with van der Waals surface area (Å²) in [6.07, 6.45) is 1.04. The van der Waals surface area contributed by atoms with Crippen molar-refractivity contribution in [2.45, 2.75) is 39.8 Å². The van der Waals surface area contributed by atoms with Crippen molar-refractivity contribution >= 4 is 41.5 Å². The van der Waals surface area contributed by atoms with Gasteiger partial charge in [0, 0.05) is 12.6 Å². The molecule has 1 heterocycles. The first kappa shape index (κ1) is 20.2. The highest BCUT2D eigenvalue weighted by atomic mass is 127. The van der Waals surface area contributed by atoms with Crippen LogP contribution in [0.2, 0.25) is 5.02 Å². The Labute approximate surface area is 160 Å². The Hall–Kier alpha value is -0.890. The van der Waals surface area contributed by atoms with Gasteiger partial charge in [-0.1, -0.05) is 18.5 Å². The number of aliphatic imine (C=N–C) groups is 1. The van der Waals surface area contributed by atoms with Gasteiger partial charge in [0.15, 0.2) is 17.5 Å². The van der Waals surface area contributed by atoms with Crippen LogP contribution in [0, 0.1) is 0 Å². The van der Waals surface area contributed by atoms with Gasteiger partial charge in [0.2, 0.25) is 0 Å². The SMILES string of the molecule is CCNC(=NCc1cc(Cl)c2c(c1)OCCO2)NC(C)CC.I.